The predicted octanol–water partition coefficient (Wildman–Crippen LogP) is 4.85. The van der Waals surface area contributed by atoms with Crippen molar-refractivity contribution in [3.8, 4) is 0 Å². The van der Waals surface area contributed by atoms with Crippen LogP contribution in [0.15, 0.2) is 29.2 Å². The summed E-state index contributed by atoms with van der Waals surface area (Å²) in [5.41, 5.74) is 0.376. The first-order valence-corrected chi connectivity index (χ1v) is 20.5. The Labute approximate surface area is 315 Å². The maximum Gasteiger partial charge on any atom is 0.248 e. The van der Waals surface area contributed by atoms with Crippen LogP contribution in [0.2, 0.25) is 0 Å². The lowest BCUT2D eigenvalue weighted by Gasteiger charge is -2.64. The molecular weight excluding hydrogens is 672 g/mol. The molecule has 2 heterocycles. The van der Waals surface area contributed by atoms with E-state index < -0.39 is 0 Å². The van der Waals surface area contributed by atoms with Crippen LogP contribution < -0.4 is 15.5 Å². The van der Waals surface area contributed by atoms with E-state index in [-0.39, 0.29) is 65.6 Å². The van der Waals surface area contributed by atoms with Crippen LogP contribution in [0.3, 0.4) is 0 Å². The molecule has 4 aliphatic carbocycles. The standard InChI is InChI=1S/C42H64N4O7/c1-6-29-33-24-27(47)16-18-42(33,5)32-17-19-41(4)30(11-12-31(41)39(32)40(29)52)26(3)8-13-34(48)43-20-21-44-35(49)14-9-28-10-15-38(53-28)46-23-22-45(25-37(46)51)36(50)7-2/h7,10,15,26-27,29-33,39-40,47,52H,2,6,8-9,11-14,16-25H2,1,3-5H3,(H,43,48)(H,44,49)/t26-,27-,29?,30-,31+,32+,33?,39+,40-,41-,42-/m1/s1. The molecule has 4 amide bonds. The van der Waals surface area contributed by atoms with Crippen LogP contribution in [-0.2, 0) is 25.6 Å². The molecule has 0 bridgehead atoms. The molecule has 1 saturated heterocycles. The van der Waals surface area contributed by atoms with E-state index in [2.05, 4.69) is 44.9 Å². The summed E-state index contributed by atoms with van der Waals surface area (Å²) in [5.74, 6) is 3.34. The molecule has 11 nitrogen and oxygen atoms in total. The SMILES string of the molecule is C=CC(=O)N1CCN(c2ccc(CCC(=O)NCCNC(=O)CC[C@@H](C)[C@H]3CC[C@H]4[C@@H]5[C@H](O)C(CC)C6C[C@H](O)CC[C@]6(C)[C@H]5CC[C@]34C)o2)C(=O)C1. The second kappa shape index (κ2) is 16.3. The highest BCUT2D eigenvalue weighted by molar-refractivity contribution is 5.98. The van der Waals surface area contributed by atoms with Gasteiger partial charge in [-0.15, -0.1) is 0 Å². The highest BCUT2D eigenvalue weighted by Gasteiger charge is 2.64. The van der Waals surface area contributed by atoms with Gasteiger partial charge >= 0.3 is 0 Å². The van der Waals surface area contributed by atoms with E-state index in [1.54, 1.807) is 12.1 Å². The second-order valence-corrected chi connectivity index (χ2v) is 17.6. The zero-order chi connectivity index (χ0) is 38.1. The van der Waals surface area contributed by atoms with E-state index >= 15 is 0 Å². The van der Waals surface area contributed by atoms with Gasteiger partial charge < -0.3 is 30.2 Å². The van der Waals surface area contributed by atoms with Gasteiger partial charge in [-0.1, -0.05) is 40.7 Å². The van der Waals surface area contributed by atoms with Crippen molar-refractivity contribution in [3.63, 3.8) is 0 Å². The van der Waals surface area contributed by atoms with Crippen LogP contribution >= 0.6 is 0 Å². The Bertz CT molecular complexity index is 1510. The molecule has 4 N–H and O–H groups in total. The van der Waals surface area contributed by atoms with E-state index in [1.807, 2.05) is 0 Å². The molecule has 6 rings (SSSR count). The van der Waals surface area contributed by atoms with Gasteiger partial charge in [0.2, 0.25) is 29.5 Å². The van der Waals surface area contributed by atoms with Gasteiger partial charge in [-0.05, 0) is 116 Å². The number of hydrogen-bond acceptors (Lipinski definition) is 7. The molecule has 4 saturated carbocycles. The first-order valence-electron chi connectivity index (χ1n) is 20.5. The quantitative estimate of drug-likeness (QED) is 0.167. The lowest BCUT2D eigenvalue weighted by molar-refractivity contribution is -0.203. The normalized spacial score (nSPS) is 35.8. The molecular formula is C42H64N4O7. The lowest BCUT2D eigenvalue weighted by atomic mass is 9.41. The van der Waals surface area contributed by atoms with E-state index in [4.69, 9.17) is 4.42 Å². The first kappa shape index (κ1) is 39.5. The number of anilines is 1. The number of aliphatic hydroxyl groups is 2. The molecule has 0 spiro atoms. The Morgan fingerprint density at radius 2 is 1.68 bits per heavy atom. The highest BCUT2D eigenvalue weighted by Crippen LogP contribution is 2.69. The van der Waals surface area contributed by atoms with Crippen molar-refractivity contribution in [2.24, 2.45) is 52.3 Å². The monoisotopic (exact) mass is 736 g/mol. The Morgan fingerprint density at radius 1 is 0.981 bits per heavy atom. The highest BCUT2D eigenvalue weighted by atomic mass is 16.4. The van der Waals surface area contributed by atoms with E-state index in [0.717, 1.165) is 51.4 Å². The summed E-state index contributed by atoms with van der Waals surface area (Å²) in [6.45, 7) is 14.4. The smallest absolute Gasteiger partial charge is 0.248 e. The predicted molar refractivity (Wildman–Crippen MR) is 202 cm³/mol. The molecule has 0 radical (unpaired) electrons. The number of piperazine rings is 1. The number of nitrogens with zero attached hydrogens (tertiary/aromatic N) is 2. The maximum absolute atomic E-state index is 12.9. The zero-order valence-electron chi connectivity index (χ0n) is 32.5. The molecule has 11 atom stereocenters. The van der Waals surface area contributed by atoms with Crippen LogP contribution in [-0.4, -0.2) is 83.7 Å². The fourth-order valence-corrected chi connectivity index (χ4v) is 12.2. The summed E-state index contributed by atoms with van der Waals surface area (Å²) in [7, 11) is 0. The average Bonchev–Trinajstić information content (AvgIpc) is 3.76. The molecule has 1 aromatic rings. The van der Waals surface area contributed by atoms with Gasteiger partial charge in [0.05, 0.1) is 12.2 Å². The van der Waals surface area contributed by atoms with Crippen molar-refractivity contribution in [1.29, 1.82) is 0 Å². The summed E-state index contributed by atoms with van der Waals surface area (Å²) < 4.78 is 5.83. The number of rotatable bonds is 13. The minimum absolute atomic E-state index is 0.00815. The number of amides is 4. The third kappa shape index (κ3) is 7.84. The van der Waals surface area contributed by atoms with Crippen molar-refractivity contribution < 1.29 is 33.8 Å². The van der Waals surface area contributed by atoms with Crippen molar-refractivity contribution in [3.05, 3.63) is 30.5 Å². The number of aryl methyl sites for hydroxylation is 1. The van der Waals surface area contributed by atoms with Crippen molar-refractivity contribution in [2.45, 2.75) is 117 Å². The van der Waals surface area contributed by atoms with E-state index in [0.29, 0.717) is 86.2 Å². The molecule has 1 aliphatic heterocycles. The molecule has 0 aromatic carbocycles. The third-order valence-electron chi connectivity index (χ3n) is 15.0. The molecule has 5 fully saturated rings. The van der Waals surface area contributed by atoms with Gasteiger partial charge in [-0.25, -0.2) is 0 Å². The van der Waals surface area contributed by atoms with Gasteiger partial charge in [-0.2, -0.15) is 0 Å². The zero-order valence-corrected chi connectivity index (χ0v) is 32.5. The average molecular weight is 737 g/mol. The number of hydrogen-bond donors (Lipinski definition) is 4. The fourth-order valence-electron chi connectivity index (χ4n) is 12.2. The molecule has 2 unspecified atom stereocenters. The minimum atomic E-state index is -0.294. The maximum atomic E-state index is 12.9. The fraction of sp³-hybridized carbons (Fsp3) is 0.762. The van der Waals surface area contributed by atoms with Gasteiger partial charge in [-0.3, -0.25) is 24.1 Å². The molecule has 5 aliphatic rings. The van der Waals surface area contributed by atoms with Gasteiger partial charge in [0.25, 0.3) is 0 Å². The molecule has 294 valence electrons. The first-order chi connectivity index (χ1) is 25.3. The van der Waals surface area contributed by atoms with Gasteiger partial charge in [0.1, 0.15) is 12.3 Å². The Kier molecular flexibility index (Phi) is 12.1. The van der Waals surface area contributed by atoms with Gasteiger partial charge in [0, 0.05) is 51.5 Å². The molecule has 1 aromatic heterocycles. The van der Waals surface area contributed by atoms with E-state index in [9.17, 15) is 29.4 Å². The van der Waals surface area contributed by atoms with Crippen molar-refractivity contribution in [2.75, 3.05) is 37.6 Å². The number of furan rings is 1. The molecule has 53 heavy (non-hydrogen) atoms. The number of carbonyl (C=O) groups excluding carboxylic acids is 4. The minimum Gasteiger partial charge on any atom is -0.445 e. The van der Waals surface area contributed by atoms with Crippen LogP contribution in [0, 0.1) is 52.3 Å². The number of fused-ring (bicyclic) bond motifs is 5. The van der Waals surface area contributed by atoms with Crippen LogP contribution in [0.1, 0.15) is 104 Å². The van der Waals surface area contributed by atoms with Crippen molar-refractivity contribution in [1.82, 2.24) is 15.5 Å². The number of aliphatic hydroxyl groups excluding tert-OH is 2. The van der Waals surface area contributed by atoms with Crippen LogP contribution in [0.25, 0.3) is 0 Å². The van der Waals surface area contributed by atoms with Crippen LogP contribution in [0.5, 0.6) is 0 Å². The summed E-state index contributed by atoms with van der Waals surface area (Å²) in [6.07, 6.45) is 11.0. The second-order valence-electron chi connectivity index (χ2n) is 17.6. The molecule has 11 heteroatoms. The summed E-state index contributed by atoms with van der Waals surface area (Å²) in [4.78, 5) is 52.7. The Morgan fingerprint density at radius 3 is 2.38 bits per heavy atom. The Hall–Kier alpha value is -3.18. The number of nitrogens with one attached hydrogen (secondary N) is 2. The van der Waals surface area contributed by atoms with Gasteiger partial charge in [0.15, 0.2) is 0 Å². The lowest BCUT2D eigenvalue weighted by Crippen LogP contribution is -2.62. The van der Waals surface area contributed by atoms with Crippen molar-refractivity contribution >= 4 is 29.5 Å². The largest absolute Gasteiger partial charge is 0.445 e. The summed E-state index contributed by atoms with van der Waals surface area (Å²) in [5, 5.41) is 28.4. The third-order valence-corrected chi connectivity index (χ3v) is 15.0. The summed E-state index contributed by atoms with van der Waals surface area (Å²) in [6, 6.07) is 3.47. The summed E-state index contributed by atoms with van der Waals surface area (Å²) >= 11 is 0. The Balaban J connectivity index is 0.905. The van der Waals surface area contributed by atoms with E-state index in [1.165, 1.54) is 22.3 Å². The van der Waals surface area contributed by atoms with Crippen LogP contribution in [0.4, 0.5) is 5.88 Å². The topological polar surface area (TPSA) is 152 Å². The number of carbonyl (C=O) groups is 4.